The normalized spacial score (nSPS) is 23.9. The van der Waals surface area contributed by atoms with Gasteiger partial charge in [-0.2, -0.15) is 0 Å². The molecule has 0 bridgehead atoms. The highest BCUT2D eigenvalue weighted by Gasteiger charge is 2.43. The number of rotatable bonds is 4. The fourth-order valence-corrected chi connectivity index (χ4v) is 4.72. The van der Waals surface area contributed by atoms with Gasteiger partial charge in [-0.3, -0.25) is 9.59 Å². The number of likely N-dealkylation sites (tertiary alicyclic amines) is 1. The molecule has 1 aromatic heterocycles. The van der Waals surface area contributed by atoms with Gasteiger partial charge in [0.05, 0.1) is 6.26 Å². The third-order valence-corrected chi connectivity index (χ3v) is 6.18. The molecule has 2 amide bonds. The zero-order chi connectivity index (χ0) is 18.7. The van der Waals surface area contributed by atoms with Crippen molar-refractivity contribution in [2.45, 2.75) is 38.1 Å². The van der Waals surface area contributed by atoms with Crippen molar-refractivity contribution < 1.29 is 23.5 Å². The molecule has 2 fully saturated rings. The molecule has 0 spiro atoms. The lowest BCUT2D eigenvalue weighted by atomic mass is 9.99. The SMILES string of the molecule is CC(=O)N1[C@H](C(=O)OCC(=O)N2CCC(C)CC2)CS[C@H]1c1ccco1. The second-order valence-electron chi connectivity index (χ2n) is 6.81. The van der Waals surface area contributed by atoms with Crippen molar-refractivity contribution in [3.05, 3.63) is 24.2 Å². The van der Waals surface area contributed by atoms with Crippen LogP contribution >= 0.6 is 11.8 Å². The minimum Gasteiger partial charge on any atom is -0.466 e. The average Bonchev–Trinajstić information content (AvgIpc) is 3.28. The number of carbonyl (C=O) groups excluding carboxylic acids is 3. The number of thioether (sulfide) groups is 1. The lowest BCUT2D eigenvalue weighted by molar-refractivity contribution is -0.158. The molecule has 3 heterocycles. The Kier molecular flexibility index (Phi) is 5.90. The molecule has 0 aliphatic carbocycles. The molecule has 2 saturated heterocycles. The van der Waals surface area contributed by atoms with E-state index >= 15 is 0 Å². The Morgan fingerprint density at radius 1 is 1.31 bits per heavy atom. The average molecular weight is 380 g/mol. The summed E-state index contributed by atoms with van der Waals surface area (Å²) < 4.78 is 10.6. The number of amides is 2. The molecule has 8 heteroatoms. The molecule has 142 valence electrons. The standard InChI is InChI=1S/C18H24N2O5S/c1-12-5-7-19(8-6-12)16(22)10-25-18(23)14-11-26-17(20(14)13(2)21)15-4-3-9-24-15/h3-4,9,12,14,17H,5-8,10-11H2,1-2H3/t14-,17-/m0/s1. The molecule has 0 radical (unpaired) electrons. The molecule has 26 heavy (non-hydrogen) atoms. The van der Waals surface area contributed by atoms with Crippen molar-refractivity contribution in [2.24, 2.45) is 5.92 Å². The largest absolute Gasteiger partial charge is 0.466 e. The second kappa shape index (κ2) is 8.16. The summed E-state index contributed by atoms with van der Waals surface area (Å²) in [6.07, 6.45) is 3.49. The summed E-state index contributed by atoms with van der Waals surface area (Å²) in [6, 6.07) is 2.82. The fraction of sp³-hybridized carbons (Fsp3) is 0.611. The number of esters is 1. The summed E-state index contributed by atoms with van der Waals surface area (Å²) in [5, 5.41) is -0.348. The molecule has 2 aliphatic heterocycles. The Hall–Kier alpha value is -1.96. The van der Waals surface area contributed by atoms with E-state index in [1.807, 2.05) is 0 Å². The predicted molar refractivity (Wildman–Crippen MR) is 96.2 cm³/mol. The molecule has 0 saturated carbocycles. The zero-order valence-corrected chi connectivity index (χ0v) is 15.9. The molecule has 2 aliphatic rings. The number of furan rings is 1. The topological polar surface area (TPSA) is 80.1 Å². The monoisotopic (exact) mass is 380 g/mol. The molecule has 2 atom stereocenters. The van der Waals surface area contributed by atoms with Crippen LogP contribution in [0.2, 0.25) is 0 Å². The summed E-state index contributed by atoms with van der Waals surface area (Å²) in [5.41, 5.74) is 0. The molecular weight excluding hydrogens is 356 g/mol. The molecule has 7 nitrogen and oxygen atoms in total. The minimum atomic E-state index is -0.707. The molecule has 0 N–H and O–H groups in total. The van der Waals surface area contributed by atoms with Crippen LogP contribution in [0, 0.1) is 5.92 Å². The van der Waals surface area contributed by atoms with Crippen molar-refractivity contribution in [3.63, 3.8) is 0 Å². The van der Waals surface area contributed by atoms with Crippen molar-refractivity contribution in [2.75, 3.05) is 25.4 Å². The van der Waals surface area contributed by atoms with Gasteiger partial charge in [-0.05, 0) is 30.9 Å². The first-order valence-electron chi connectivity index (χ1n) is 8.85. The third-order valence-electron chi connectivity index (χ3n) is 4.90. The fourth-order valence-electron chi connectivity index (χ4n) is 3.30. The Labute approximate surface area is 157 Å². The lowest BCUT2D eigenvalue weighted by Gasteiger charge is -2.30. The van der Waals surface area contributed by atoms with E-state index in [0.717, 1.165) is 12.8 Å². The van der Waals surface area contributed by atoms with Gasteiger partial charge in [-0.1, -0.05) is 6.92 Å². The van der Waals surface area contributed by atoms with Gasteiger partial charge in [-0.25, -0.2) is 4.79 Å². The van der Waals surface area contributed by atoms with Crippen LogP contribution in [0.1, 0.15) is 37.8 Å². The van der Waals surface area contributed by atoms with Gasteiger partial charge in [0.2, 0.25) is 5.91 Å². The van der Waals surface area contributed by atoms with Crippen molar-refractivity contribution in [1.29, 1.82) is 0 Å². The second-order valence-corrected chi connectivity index (χ2v) is 7.93. The highest BCUT2D eigenvalue weighted by Crippen LogP contribution is 2.41. The van der Waals surface area contributed by atoms with E-state index in [4.69, 9.17) is 9.15 Å². The summed E-state index contributed by atoms with van der Waals surface area (Å²) >= 11 is 1.45. The van der Waals surface area contributed by atoms with E-state index in [2.05, 4.69) is 6.92 Å². The van der Waals surface area contributed by atoms with E-state index in [9.17, 15) is 14.4 Å². The molecule has 0 unspecified atom stereocenters. The predicted octanol–water partition coefficient (Wildman–Crippen LogP) is 2.04. The van der Waals surface area contributed by atoms with Crippen LogP contribution in [0.3, 0.4) is 0 Å². The van der Waals surface area contributed by atoms with E-state index in [0.29, 0.717) is 30.5 Å². The van der Waals surface area contributed by atoms with Gasteiger partial charge in [0.15, 0.2) is 6.61 Å². The summed E-state index contributed by atoms with van der Waals surface area (Å²) in [6.45, 7) is 4.73. The summed E-state index contributed by atoms with van der Waals surface area (Å²) in [4.78, 5) is 40.0. The number of hydrogen-bond acceptors (Lipinski definition) is 6. The molecule has 0 aromatic carbocycles. The molecule has 3 rings (SSSR count). The van der Waals surface area contributed by atoms with Gasteiger partial charge in [0.25, 0.3) is 5.91 Å². The Balaban J connectivity index is 1.57. The Bertz CT molecular complexity index is 655. The number of nitrogens with zero attached hydrogens (tertiary/aromatic N) is 2. The van der Waals surface area contributed by atoms with Crippen molar-refractivity contribution >= 4 is 29.5 Å². The van der Waals surface area contributed by atoms with E-state index < -0.39 is 12.0 Å². The van der Waals surface area contributed by atoms with Gasteiger partial charge in [0.1, 0.15) is 17.2 Å². The Morgan fingerprint density at radius 3 is 2.65 bits per heavy atom. The number of ether oxygens (including phenoxy) is 1. The number of piperidine rings is 1. The molecular formula is C18H24N2O5S. The third kappa shape index (κ3) is 4.06. The summed E-state index contributed by atoms with van der Waals surface area (Å²) in [7, 11) is 0. The van der Waals surface area contributed by atoms with Crippen molar-refractivity contribution in [1.82, 2.24) is 9.80 Å². The highest BCUT2D eigenvalue weighted by molar-refractivity contribution is 7.99. The number of carbonyl (C=O) groups is 3. The smallest absolute Gasteiger partial charge is 0.330 e. The first-order valence-corrected chi connectivity index (χ1v) is 9.90. The van der Waals surface area contributed by atoms with Crippen LogP contribution in [0.4, 0.5) is 0 Å². The first kappa shape index (κ1) is 18.8. The lowest BCUT2D eigenvalue weighted by Crippen LogP contribution is -2.45. The van der Waals surface area contributed by atoms with E-state index in [1.165, 1.54) is 29.8 Å². The van der Waals surface area contributed by atoms with Gasteiger partial charge in [-0.15, -0.1) is 11.8 Å². The van der Waals surface area contributed by atoms with Gasteiger partial charge in [0, 0.05) is 25.8 Å². The highest BCUT2D eigenvalue weighted by atomic mass is 32.2. The van der Waals surface area contributed by atoms with Crippen LogP contribution in [0.15, 0.2) is 22.8 Å². The zero-order valence-electron chi connectivity index (χ0n) is 15.1. The van der Waals surface area contributed by atoms with Gasteiger partial charge >= 0.3 is 5.97 Å². The van der Waals surface area contributed by atoms with Crippen LogP contribution in [0.5, 0.6) is 0 Å². The van der Waals surface area contributed by atoms with Crippen LogP contribution < -0.4 is 0 Å². The first-order chi connectivity index (χ1) is 12.5. The van der Waals surface area contributed by atoms with E-state index in [1.54, 1.807) is 17.0 Å². The van der Waals surface area contributed by atoms with Gasteiger partial charge < -0.3 is 19.0 Å². The quantitative estimate of drug-likeness (QED) is 0.744. The van der Waals surface area contributed by atoms with Crippen LogP contribution in [-0.4, -0.2) is 59.1 Å². The van der Waals surface area contributed by atoms with Crippen molar-refractivity contribution in [3.8, 4) is 0 Å². The Morgan fingerprint density at radius 2 is 2.04 bits per heavy atom. The number of hydrogen-bond donors (Lipinski definition) is 0. The van der Waals surface area contributed by atoms with Crippen LogP contribution in [-0.2, 0) is 19.1 Å². The maximum atomic E-state index is 12.5. The van der Waals surface area contributed by atoms with Crippen LogP contribution in [0.25, 0.3) is 0 Å². The summed E-state index contributed by atoms with van der Waals surface area (Å²) in [5.74, 6) is 0.723. The maximum Gasteiger partial charge on any atom is 0.330 e. The minimum absolute atomic E-state index is 0.173. The molecule has 1 aromatic rings. The van der Waals surface area contributed by atoms with E-state index in [-0.39, 0.29) is 23.8 Å². The maximum absolute atomic E-state index is 12.5.